The predicted molar refractivity (Wildman–Crippen MR) is 120 cm³/mol. The van der Waals surface area contributed by atoms with Gasteiger partial charge in [-0.05, 0) is 44.4 Å². The molecule has 0 spiro atoms. The summed E-state index contributed by atoms with van der Waals surface area (Å²) < 4.78 is 36.3. The number of thioether (sulfide) groups is 1. The second-order valence-electron chi connectivity index (χ2n) is 7.16. The first-order valence-corrected chi connectivity index (χ1v) is 11.1. The molecule has 0 amide bonds. The third-order valence-electron chi connectivity index (χ3n) is 4.28. The summed E-state index contributed by atoms with van der Waals surface area (Å²) in [6, 6.07) is 19.2. The maximum absolute atomic E-state index is 12.1. The van der Waals surface area contributed by atoms with Crippen LogP contribution in [-0.4, -0.2) is 42.2 Å². The van der Waals surface area contributed by atoms with Gasteiger partial charge in [-0.15, -0.1) is 0 Å². The second kappa shape index (κ2) is 15.3. The lowest BCUT2D eigenvalue weighted by molar-refractivity contribution is -0.327. The summed E-state index contributed by atoms with van der Waals surface area (Å²) in [6.07, 6.45) is -0.213. The van der Waals surface area contributed by atoms with Crippen LogP contribution in [0.15, 0.2) is 60.7 Å². The number of likely N-dealkylation sites (N-methyl/N-ethyl adjacent to an activating group) is 1. The largest absolute Gasteiger partial charge is 0.441 e. The zero-order chi connectivity index (χ0) is 23.1. The minimum absolute atomic E-state index is 0.0707. The van der Waals surface area contributed by atoms with Gasteiger partial charge >= 0.3 is 5.51 Å². The topological polar surface area (TPSA) is 50.7 Å². The number of benzene rings is 2. The number of hydrogen-bond acceptors (Lipinski definition) is 5. The molecule has 4 nitrogen and oxygen atoms in total. The van der Waals surface area contributed by atoms with Crippen LogP contribution in [0.25, 0.3) is 0 Å². The molecule has 0 aliphatic rings. The average molecular weight is 460 g/mol. The molecule has 8 heteroatoms. The number of rotatable bonds is 11. The summed E-state index contributed by atoms with van der Waals surface area (Å²) >= 11 is -0.0707. The Morgan fingerprint density at radius 2 is 1.52 bits per heavy atom. The Labute approximate surface area is 187 Å². The fourth-order valence-corrected chi connectivity index (χ4v) is 3.40. The van der Waals surface area contributed by atoms with Gasteiger partial charge in [0.1, 0.15) is 12.7 Å². The summed E-state index contributed by atoms with van der Waals surface area (Å²) in [5.41, 5.74) is -2.17. The van der Waals surface area contributed by atoms with Crippen molar-refractivity contribution < 1.29 is 28.1 Å². The van der Waals surface area contributed by atoms with E-state index >= 15 is 0 Å². The Kier molecular flexibility index (Phi) is 13.5. The van der Waals surface area contributed by atoms with Crippen molar-refractivity contribution in [1.29, 1.82) is 0 Å². The van der Waals surface area contributed by atoms with E-state index in [1.807, 2.05) is 74.6 Å². The maximum Gasteiger partial charge on any atom is 0.441 e. The van der Waals surface area contributed by atoms with Gasteiger partial charge in [0.2, 0.25) is 0 Å². The highest BCUT2D eigenvalue weighted by Gasteiger charge is 2.30. The zero-order valence-corrected chi connectivity index (χ0v) is 19.0. The van der Waals surface area contributed by atoms with Crippen molar-refractivity contribution in [2.24, 2.45) is 5.92 Å². The first-order valence-electron chi connectivity index (χ1n) is 10.1. The SMILES string of the molecule is CC(O)C(CSC(F)(F)F)Cc1ccccc1.CNCC(C)OOCc1ccccc1. The van der Waals surface area contributed by atoms with Crippen molar-refractivity contribution in [1.82, 2.24) is 5.32 Å². The number of aliphatic hydroxyl groups excluding tert-OH is 1. The molecule has 0 saturated heterocycles. The molecule has 3 atom stereocenters. The zero-order valence-electron chi connectivity index (χ0n) is 18.1. The van der Waals surface area contributed by atoms with Crippen molar-refractivity contribution in [2.75, 3.05) is 19.3 Å². The van der Waals surface area contributed by atoms with Crippen LogP contribution in [0.3, 0.4) is 0 Å². The van der Waals surface area contributed by atoms with Gasteiger partial charge in [0.15, 0.2) is 0 Å². The molecule has 2 aromatic carbocycles. The quantitative estimate of drug-likeness (QED) is 0.356. The van der Waals surface area contributed by atoms with Gasteiger partial charge < -0.3 is 10.4 Å². The van der Waals surface area contributed by atoms with Crippen LogP contribution in [-0.2, 0) is 22.8 Å². The second-order valence-corrected chi connectivity index (χ2v) is 8.24. The first kappa shape index (κ1) is 27.5. The van der Waals surface area contributed by atoms with Crippen molar-refractivity contribution in [3.8, 4) is 0 Å². The summed E-state index contributed by atoms with van der Waals surface area (Å²) in [6.45, 7) is 4.77. The fraction of sp³-hybridized carbons (Fsp3) is 0.478. The number of alkyl halides is 3. The highest BCUT2D eigenvalue weighted by atomic mass is 32.2. The molecule has 3 unspecified atom stereocenters. The van der Waals surface area contributed by atoms with Crippen LogP contribution in [0.4, 0.5) is 13.2 Å². The van der Waals surface area contributed by atoms with E-state index in [2.05, 4.69) is 5.32 Å². The molecule has 0 bridgehead atoms. The Balaban J connectivity index is 0.000000316. The first-order chi connectivity index (χ1) is 14.7. The smallest absolute Gasteiger partial charge is 0.393 e. The van der Waals surface area contributed by atoms with Crippen LogP contribution in [0, 0.1) is 5.92 Å². The van der Waals surface area contributed by atoms with Crippen LogP contribution >= 0.6 is 11.8 Å². The summed E-state index contributed by atoms with van der Waals surface area (Å²) in [5.74, 6) is -0.500. The molecule has 2 N–H and O–H groups in total. The highest BCUT2D eigenvalue weighted by Crippen LogP contribution is 2.33. The standard InChI is InChI=1S/C12H15F3OS.C11H17NO2/c1-9(16)11(8-17-12(13,14)15)7-10-5-3-2-4-6-10;1-10(8-12-2)14-13-9-11-6-4-3-5-7-11/h2-6,9,11,16H,7-8H2,1H3;3-7,10,12H,8-9H2,1-2H3. The molecule has 2 rings (SSSR count). The Morgan fingerprint density at radius 1 is 0.968 bits per heavy atom. The minimum atomic E-state index is -4.23. The summed E-state index contributed by atoms with van der Waals surface area (Å²) in [5, 5.41) is 12.5. The summed E-state index contributed by atoms with van der Waals surface area (Å²) in [7, 11) is 1.89. The number of nitrogens with one attached hydrogen (secondary N) is 1. The lowest BCUT2D eigenvalue weighted by Gasteiger charge is -2.20. The number of hydrogen-bond donors (Lipinski definition) is 2. The molecular weight excluding hydrogens is 427 g/mol. The van der Waals surface area contributed by atoms with Gasteiger partial charge in [0, 0.05) is 12.3 Å². The third-order valence-corrected chi connectivity index (χ3v) is 5.20. The molecule has 0 heterocycles. The van der Waals surface area contributed by atoms with E-state index in [4.69, 9.17) is 9.78 Å². The van der Waals surface area contributed by atoms with Gasteiger partial charge in [0.25, 0.3) is 0 Å². The van der Waals surface area contributed by atoms with Crippen LogP contribution in [0.2, 0.25) is 0 Å². The van der Waals surface area contributed by atoms with Crippen LogP contribution in [0.5, 0.6) is 0 Å². The van der Waals surface area contributed by atoms with Gasteiger partial charge in [-0.1, -0.05) is 72.4 Å². The van der Waals surface area contributed by atoms with E-state index in [1.165, 1.54) is 6.92 Å². The minimum Gasteiger partial charge on any atom is -0.393 e. The van der Waals surface area contributed by atoms with Crippen molar-refractivity contribution in [3.05, 3.63) is 71.8 Å². The molecule has 0 aliphatic heterocycles. The van der Waals surface area contributed by atoms with Crippen LogP contribution < -0.4 is 5.32 Å². The van der Waals surface area contributed by atoms with E-state index < -0.39 is 11.6 Å². The predicted octanol–water partition coefficient (Wildman–Crippen LogP) is 5.22. The lowest BCUT2D eigenvalue weighted by Crippen LogP contribution is -2.23. The lowest BCUT2D eigenvalue weighted by atomic mass is 9.97. The average Bonchev–Trinajstić information content (AvgIpc) is 2.72. The van der Waals surface area contributed by atoms with Crippen molar-refractivity contribution in [2.45, 2.75) is 44.6 Å². The molecule has 0 fully saturated rings. The van der Waals surface area contributed by atoms with Gasteiger partial charge in [0.05, 0.1) is 6.10 Å². The molecule has 31 heavy (non-hydrogen) atoms. The molecule has 0 aliphatic carbocycles. The Hall–Kier alpha value is -1.58. The number of halogens is 3. The number of aliphatic hydroxyl groups is 1. The van der Waals surface area contributed by atoms with Gasteiger partial charge in [-0.2, -0.15) is 13.2 Å². The third kappa shape index (κ3) is 14.2. The fourth-order valence-electron chi connectivity index (χ4n) is 2.60. The molecular formula is C23H32F3NO3S. The van der Waals surface area contributed by atoms with E-state index in [0.717, 1.165) is 17.7 Å². The monoisotopic (exact) mass is 459 g/mol. The van der Waals surface area contributed by atoms with E-state index in [0.29, 0.717) is 13.0 Å². The van der Waals surface area contributed by atoms with E-state index in [9.17, 15) is 18.3 Å². The van der Waals surface area contributed by atoms with Crippen LogP contribution in [0.1, 0.15) is 25.0 Å². The highest BCUT2D eigenvalue weighted by molar-refractivity contribution is 8.00. The van der Waals surface area contributed by atoms with E-state index in [1.54, 1.807) is 0 Å². The van der Waals surface area contributed by atoms with Crippen molar-refractivity contribution in [3.63, 3.8) is 0 Å². The molecule has 0 saturated carbocycles. The molecule has 0 aromatic heterocycles. The van der Waals surface area contributed by atoms with E-state index in [-0.39, 0.29) is 29.5 Å². The van der Waals surface area contributed by atoms with Gasteiger partial charge in [-0.25, -0.2) is 9.78 Å². The molecule has 2 aromatic rings. The molecule has 0 radical (unpaired) electrons. The Bertz CT molecular complexity index is 687. The Morgan fingerprint density at radius 3 is 2.00 bits per heavy atom. The van der Waals surface area contributed by atoms with Crippen molar-refractivity contribution >= 4 is 11.8 Å². The van der Waals surface area contributed by atoms with Gasteiger partial charge in [-0.3, -0.25) is 0 Å². The molecule has 174 valence electrons. The maximum atomic E-state index is 12.1. The summed E-state index contributed by atoms with van der Waals surface area (Å²) in [4.78, 5) is 10.2. The normalized spacial score (nSPS) is 14.3.